The highest BCUT2D eigenvalue weighted by molar-refractivity contribution is 5.99. The van der Waals surface area contributed by atoms with Crippen LogP contribution in [-0.4, -0.2) is 54.9 Å². The minimum absolute atomic E-state index is 0.166. The highest BCUT2D eigenvalue weighted by Crippen LogP contribution is 1.99. The van der Waals surface area contributed by atoms with Crippen LogP contribution in [0.3, 0.4) is 0 Å². The summed E-state index contributed by atoms with van der Waals surface area (Å²) in [5, 5.41) is 9.38. The average Bonchev–Trinajstić information content (AvgIpc) is 1.81. The molecule has 1 unspecified atom stereocenters. The number of aliphatic hydroxyl groups excluding tert-OH is 1. The lowest BCUT2D eigenvalue weighted by Crippen LogP contribution is -2.44. The molecule has 13 heavy (non-hydrogen) atoms. The largest absolute Gasteiger partial charge is 0.380 e. The Hall–Kier alpha value is -0.740. The van der Waals surface area contributed by atoms with Gasteiger partial charge in [-0.1, -0.05) is 0 Å². The minimum atomic E-state index is -1.02. The van der Waals surface area contributed by atoms with Gasteiger partial charge in [-0.3, -0.25) is 9.59 Å². The number of carbonyl (C=O) groups excluding carboxylic acids is 2. The number of rotatable bonds is 5. The van der Waals surface area contributed by atoms with E-state index in [0.29, 0.717) is 11.0 Å². The number of likely N-dealkylation sites (N-methyl/N-ethyl adjacent to an activating group) is 1. The van der Waals surface area contributed by atoms with Gasteiger partial charge in [0.25, 0.3) is 0 Å². The van der Waals surface area contributed by atoms with Crippen LogP contribution in [0.1, 0.15) is 13.3 Å². The van der Waals surface area contributed by atoms with Crippen molar-refractivity contribution in [2.45, 2.75) is 19.4 Å². The number of ketones is 2. The second kappa shape index (κ2) is 4.48. The molecule has 0 saturated carbocycles. The monoisotopic (exact) mass is 188 g/mol. The molecule has 4 heteroatoms. The smallest absolute Gasteiger partial charge is 0.174 e. The van der Waals surface area contributed by atoms with Crippen molar-refractivity contribution in [2.24, 2.45) is 0 Å². The van der Waals surface area contributed by atoms with Gasteiger partial charge in [0.15, 0.2) is 11.9 Å². The van der Waals surface area contributed by atoms with E-state index in [0.717, 1.165) is 0 Å². The molecule has 0 aliphatic carbocycles. The lowest BCUT2D eigenvalue weighted by Gasteiger charge is -2.25. The van der Waals surface area contributed by atoms with Gasteiger partial charge in [0.1, 0.15) is 12.3 Å². The number of hydrogen-bond acceptors (Lipinski definition) is 3. The summed E-state index contributed by atoms with van der Waals surface area (Å²) in [7, 11) is 5.64. The van der Waals surface area contributed by atoms with Gasteiger partial charge in [0.05, 0.1) is 27.6 Å². The highest BCUT2D eigenvalue weighted by atomic mass is 16.3. The number of aliphatic hydroxyl groups is 1. The Balaban J connectivity index is 4.04. The third kappa shape index (κ3) is 6.42. The Labute approximate surface area is 78.7 Å². The molecule has 0 aliphatic heterocycles. The first-order chi connectivity index (χ1) is 5.72. The fraction of sp³-hybridized carbons (Fsp3) is 0.778. The molecule has 0 heterocycles. The van der Waals surface area contributed by atoms with E-state index in [2.05, 4.69) is 0 Å². The molecular weight excluding hydrogens is 170 g/mol. The molecule has 1 atom stereocenters. The number of nitrogens with zero attached hydrogens (tertiary/aromatic N) is 1. The zero-order valence-corrected chi connectivity index (χ0v) is 8.70. The molecule has 4 nitrogen and oxygen atoms in total. The number of carbonyl (C=O) groups is 2. The first-order valence-electron chi connectivity index (χ1n) is 4.23. The van der Waals surface area contributed by atoms with Crippen LogP contribution >= 0.6 is 0 Å². The molecule has 0 spiro atoms. The van der Waals surface area contributed by atoms with E-state index >= 15 is 0 Å². The van der Waals surface area contributed by atoms with Crippen molar-refractivity contribution in [2.75, 3.05) is 27.7 Å². The third-order valence-corrected chi connectivity index (χ3v) is 1.52. The minimum Gasteiger partial charge on any atom is -0.380 e. The van der Waals surface area contributed by atoms with Crippen molar-refractivity contribution < 1.29 is 19.2 Å². The van der Waals surface area contributed by atoms with E-state index in [1.165, 1.54) is 6.92 Å². The second-order valence-corrected chi connectivity index (χ2v) is 4.33. The van der Waals surface area contributed by atoms with Crippen molar-refractivity contribution in [3.05, 3.63) is 0 Å². The van der Waals surface area contributed by atoms with Crippen LogP contribution in [0.2, 0.25) is 0 Å². The zero-order valence-electron chi connectivity index (χ0n) is 8.70. The Kier molecular flexibility index (Phi) is 4.23. The van der Waals surface area contributed by atoms with Gasteiger partial charge in [-0.25, -0.2) is 0 Å². The summed E-state index contributed by atoms with van der Waals surface area (Å²) in [5.74, 6) is -0.592. The molecule has 0 aromatic heterocycles. The molecule has 0 rings (SSSR count). The van der Waals surface area contributed by atoms with Crippen molar-refractivity contribution in [3.63, 3.8) is 0 Å². The molecular formula is C9H18NO3+. The Morgan fingerprint density at radius 3 is 2.08 bits per heavy atom. The lowest BCUT2D eigenvalue weighted by atomic mass is 10.1. The number of Topliss-reactive ketones (excluding diaryl/α,β-unsaturated/α-hetero) is 2. The summed E-state index contributed by atoms with van der Waals surface area (Å²) in [6, 6.07) is 0. The lowest BCUT2D eigenvalue weighted by molar-refractivity contribution is -0.872. The van der Waals surface area contributed by atoms with Gasteiger partial charge in [-0.05, 0) is 6.92 Å². The van der Waals surface area contributed by atoms with Crippen LogP contribution in [0.25, 0.3) is 0 Å². The van der Waals surface area contributed by atoms with Crippen molar-refractivity contribution in [3.8, 4) is 0 Å². The van der Waals surface area contributed by atoms with Crippen LogP contribution in [0.15, 0.2) is 0 Å². The Morgan fingerprint density at radius 1 is 1.31 bits per heavy atom. The SMILES string of the molecule is CC(=O)CC(=O)C(O)C[N+](C)(C)C. The molecule has 0 aliphatic rings. The maximum atomic E-state index is 11.2. The second-order valence-electron chi connectivity index (χ2n) is 4.33. The number of hydrogen-bond donors (Lipinski definition) is 1. The molecule has 76 valence electrons. The first kappa shape index (κ1) is 12.3. The molecule has 1 N–H and O–H groups in total. The van der Waals surface area contributed by atoms with Crippen molar-refractivity contribution >= 4 is 11.6 Å². The highest BCUT2D eigenvalue weighted by Gasteiger charge is 2.22. The Bertz CT molecular complexity index is 205. The van der Waals surface area contributed by atoms with E-state index in [4.69, 9.17) is 0 Å². The standard InChI is InChI=1S/C9H18NO3/c1-7(11)5-8(12)9(13)6-10(2,3)4/h9,13H,5-6H2,1-4H3/q+1. The molecule has 0 bridgehead atoms. The quantitative estimate of drug-likeness (QED) is 0.472. The van der Waals surface area contributed by atoms with Gasteiger partial charge in [0, 0.05) is 0 Å². The summed E-state index contributed by atoms with van der Waals surface area (Å²) in [6.45, 7) is 1.68. The maximum Gasteiger partial charge on any atom is 0.174 e. The van der Waals surface area contributed by atoms with Crippen LogP contribution in [0, 0.1) is 0 Å². The fourth-order valence-electron chi connectivity index (χ4n) is 0.984. The molecule has 0 amide bonds. The van der Waals surface area contributed by atoms with E-state index in [1.807, 2.05) is 21.1 Å². The molecule has 0 aromatic rings. The molecule has 0 aromatic carbocycles. The summed E-state index contributed by atoms with van der Waals surface area (Å²) >= 11 is 0. The van der Waals surface area contributed by atoms with Crippen molar-refractivity contribution in [1.82, 2.24) is 0 Å². The molecule has 0 saturated heterocycles. The predicted octanol–water partition coefficient (Wildman–Crippen LogP) is -0.398. The van der Waals surface area contributed by atoms with Gasteiger partial charge in [0.2, 0.25) is 0 Å². The topological polar surface area (TPSA) is 54.4 Å². The third-order valence-electron chi connectivity index (χ3n) is 1.52. The first-order valence-corrected chi connectivity index (χ1v) is 4.23. The predicted molar refractivity (Wildman–Crippen MR) is 49.2 cm³/mol. The maximum absolute atomic E-state index is 11.2. The molecule has 0 radical (unpaired) electrons. The van der Waals surface area contributed by atoms with Crippen LogP contribution in [-0.2, 0) is 9.59 Å². The van der Waals surface area contributed by atoms with Crippen LogP contribution in [0.5, 0.6) is 0 Å². The summed E-state index contributed by atoms with van der Waals surface area (Å²) in [5.41, 5.74) is 0. The van der Waals surface area contributed by atoms with Gasteiger partial charge in [-0.2, -0.15) is 0 Å². The van der Waals surface area contributed by atoms with E-state index in [-0.39, 0.29) is 18.0 Å². The summed E-state index contributed by atoms with van der Waals surface area (Å²) < 4.78 is 0.505. The number of quaternary nitrogens is 1. The summed E-state index contributed by atoms with van der Waals surface area (Å²) in [6.07, 6.45) is -1.19. The van der Waals surface area contributed by atoms with Crippen LogP contribution in [0.4, 0.5) is 0 Å². The molecule has 0 fully saturated rings. The summed E-state index contributed by atoms with van der Waals surface area (Å²) in [4.78, 5) is 21.7. The van der Waals surface area contributed by atoms with Gasteiger partial charge in [-0.15, -0.1) is 0 Å². The fourth-order valence-corrected chi connectivity index (χ4v) is 0.984. The van der Waals surface area contributed by atoms with E-state index in [1.54, 1.807) is 0 Å². The zero-order chi connectivity index (χ0) is 10.6. The van der Waals surface area contributed by atoms with E-state index in [9.17, 15) is 14.7 Å². The van der Waals surface area contributed by atoms with Crippen LogP contribution < -0.4 is 0 Å². The average molecular weight is 188 g/mol. The van der Waals surface area contributed by atoms with Crippen molar-refractivity contribution in [1.29, 1.82) is 0 Å². The van der Waals surface area contributed by atoms with Gasteiger partial charge < -0.3 is 9.59 Å². The van der Waals surface area contributed by atoms with Gasteiger partial charge >= 0.3 is 0 Å². The Morgan fingerprint density at radius 2 is 1.77 bits per heavy atom. The van der Waals surface area contributed by atoms with E-state index < -0.39 is 6.10 Å². The normalized spacial score (nSPS) is 13.9.